The van der Waals surface area contributed by atoms with E-state index in [9.17, 15) is 9.90 Å². The molecular weight excluding hydrogens is 324 g/mol. The third kappa shape index (κ3) is 4.14. The van der Waals surface area contributed by atoms with Gasteiger partial charge in [0.2, 0.25) is 0 Å². The number of allylic oxidation sites excluding steroid dienone is 1. The summed E-state index contributed by atoms with van der Waals surface area (Å²) in [6, 6.07) is 16.4. The second-order valence-electron chi connectivity index (χ2n) is 6.83. The number of carboxylic acid groups (broad SMARTS) is 1. The molecule has 4 heteroatoms. The first kappa shape index (κ1) is 18.2. The van der Waals surface area contributed by atoms with Crippen molar-refractivity contribution in [3.63, 3.8) is 0 Å². The molecule has 0 bridgehead atoms. The fourth-order valence-electron chi connectivity index (χ4n) is 3.56. The number of carboxylic acids is 1. The van der Waals surface area contributed by atoms with Crippen LogP contribution in [-0.2, 0) is 6.54 Å². The standard InChI is InChI=1S/C22H26N2O2/c1-3-7-19-14-20(22(25)26)10-11-21(19)24-13-12-23(17(2)15-24)16-18-8-5-4-6-9-18/h3-11,14,17H,12-13,15-16H2,1-2H3,(H,25,26). The summed E-state index contributed by atoms with van der Waals surface area (Å²) in [5.74, 6) is -0.886. The SMILES string of the molecule is CC=Cc1cc(C(=O)O)ccc1N1CCN(Cc2ccccc2)C(C)C1. The summed E-state index contributed by atoms with van der Waals surface area (Å²) >= 11 is 0. The highest BCUT2D eigenvalue weighted by Crippen LogP contribution is 2.27. The van der Waals surface area contributed by atoms with Gasteiger partial charge in [-0.2, -0.15) is 0 Å². The van der Waals surface area contributed by atoms with E-state index in [0.29, 0.717) is 11.6 Å². The zero-order valence-corrected chi connectivity index (χ0v) is 15.4. The van der Waals surface area contributed by atoms with Crippen molar-refractivity contribution in [1.29, 1.82) is 0 Å². The molecule has 0 aliphatic carbocycles. The van der Waals surface area contributed by atoms with Gasteiger partial charge in [0.25, 0.3) is 0 Å². The number of carbonyl (C=O) groups is 1. The number of rotatable bonds is 5. The van der Waals surface area contributed by atoms with Crippen molar-refractivity contribution in [3.8, 4) is 0 Å². The molecule has 2 aromatic carbocycles. The third-order valence-electron chi connectivity index (χ3n) is 4.95. The number of nitrogens with zero attached hydrogens (tertiary/aromatic N) is 2. The Morgan fingerprint density at radius 2 is 1.96 bits per heavy atom. The van der Waals surface area contributed by atoms with E-state index in [2.05, 4.69) is 47.1 Å². The minimum Gasteiger partial charge on any atom is -0.478 e. The molecule has 1 heterocycles. The summed E-state index contributed by atoms with van der Waals surface area (Å²) in [7, 11) is 0. The molecule has 0 aromatic heterocycles. The average Bonchev–Trinajstić information content (AvgIpc) is 2.64. The largest absolute Gasteiger partial charge is 0.478 e. The molecule has 136 valence electrons. The van der Waals surface area contributed by atoms with Crippen molar-refractivity contribution in [2.24, 2.45) is 0 Å². The number of anilines is 1. The summed E-state index contributed by atoms with van der Waals surface area (Å²) < 4.78 is 0. The summed E-state index contributed by atoms with van der Waals surface area (Å²) in [4.78, 5) is 16.1. The van der Waals surface area contributed by atoms with Gasteiger partial charge >= 0.3 is 5.97 Å². The molecule has 4 nitrogen and oxygen atoms in total. The number of benzene rings is 2. The van der Waals surface area contributed by atoms with Gasteiger partial charge in [-0.15, -0.1) is 0 Å². The lowest BCUT2D eigenvalue weighted by Crippen LogP contribution is -2.51. The van der Waals surface area contributed by atoms with Gasteiger partial charge in [-0.1, -0.05) is 42.5 Å². The highest BCUT2D eigenvalue weighted by atomic mass is 16.4. The molecule has 1 aliphatic rings. The van der Waals surface area contributed by atoms with Crippen LogP contribution in [0.5, 0.6) is 0 Å². The summed E-state index contributed by atoms with van der Waals surface area (Å²) in [5.41, 5.74) is 3.75. The van der Waals surface area contributed by atoms with Crippen LogP contribution < -0.4 is 4.90 Å². The zero-order valence-electron chi connectivity index (χ0n) is 15.4. The van der Waals surface area contributed by atoms with Crippen LogP contribution in [0.2, 0.25) is 0 Å². The highest BCUT2D eigenvalue weighted by molar-refractivity contribution is 5.89. The highest BCUT2D eigenvalue weighted by Gasteiger charge is 2.25. The topological polar surface area (TPSA) is 43.8 Å². The molecule has 0 radical (unpaired) electrons. The summed E-state index contributed by atoms with van der Waals surface area (Å²) in [6.07, 6.45) is 3.95. The molecule has 0 saturated carbocycles. The van der Waals surface area contributed by atoms with Crippen LogP contribution in [-0.4, -0.2) is 41.7 Å². The Balaban J connectivity index is 1.75. The predicted octanol–water partition coefficient (Wildman–Crippen LogP) is 4.13. The number of piperazine rings is 1. The van der Waals surface area contributed by atoms with E-state index < -0.39 is 5.97 Å². The molecule has 1 fully saturated rings. The predicted molar refractivity (Wildman–Crippen MR) is 107 cm³/mol. The maximum absolute atomic E-state index is 11.3. The Hall–Kier alpha value is -2.59. The maximum atomic E-state index is 11.3. The van der Waals surface area contributed by atoms with Crippen molar-refractivity contribution in [2.75, 3.05) is 24.5 Å². The second kappa shape index (κ2) is 8.19. The third-order valence-corrected chi connectivity index (χ3v) is 4.95. The first-order valence-corrected chi connectivity index (χ1v) is 9.11. The van der Waals surface area contributed by atoms with Gasteiger partial charge in [-0.3, -0.25) is 4.90 Å². The maximum Gasteiger partial charge on any atom is 0.335 e. The first-order valence-electron chi connectivity index (χ1n) is 9.11. The van der Waals surface area contributed by atoms with Gasteiger partial charge in [-0.05, 0) is 43.2 Å². The first-order chi connectivity index (χ1) is 12.6. The lowest BCUT2D eigenvalue weighted by Gasteiger charge is -2.41. The van der Waals surface area contributed by atoms with Crippen LogP contribution in [0.4, 0.5) is 5.69 Å². The van der Waals surface area contributed by atoms with Gasteiger partial charge in [0, 0.05) is 37.9 Å². The van der Waals surface area contributed by atoms with Gasteiger partial charge in [-0.25, -0.2) is 4.79 Å². The summed E-state index contributed by atoms with van der Waals surface area (Å²) in [6.45, 7) is 8.05. The Morgan fingerprint density at radius 3 is 2.62 bits per heavy atom. The van der Waals surface area contributed by atoms with Crippen LogP contribution in [0.3, 0.4) is 0 Å². The van der Waals surface area contributed by atoms with E-state index in [1.807, 2.05) is 25.1 Å². The van der Waals surface area contributed by atoms with Crippen molar-refractivity contribution in [2.45, 2.75) is 26.4 Å². The van der Waals surface area contributed by atoms with E-state index in [1.54, 1.807) is 12.1 Å². The molecule has 26 heavy (non-hydrogen) atoms. The minimum absolute atomic E-state index is 0.331. The van der Waals surface area contributed by atoms with E-state index >= 15 is 0 Å². The Bertz CT molecular complexity index is 786. The van der Waals surface area contributed by atoms with E-state index in [1.165, 1.54) is 5.56 Å². The lowest BCUT2D eigenvalue weighted by atomic mass is 10.0. The molecule has 1 N–H and O–H groups in total. The normalized spacial score (nSPS) is 18.4. The van der Waals surface area contributed by atoms with Gasteiger partial charge < -0.3 is 10.0 Å². The summed E-state index contributed by atoms with van der Waals surface area (Å²) in [5, 5.41) is 9.25. The number of aromatic carboxylic acids is 1. The zero-order chi connectivity index (χ0) is 18.5. The van der Waals surface area contributed by atoms with E-state index in [-0.39, 0.29) is 0 Å². The Labute approximate surface area is 155 Å². The van der Waals surface area contributed by atoms with Gasteiger partial charge in [0.15, 0.2) is 0 Å². The molecular formula is C22H26N2O2. The van der Waals surface area contributed by atoms with E-state index in [0.717, 1.165) is 37.4 Å². The molecule has 2 aromatic rings. The molecule has 1 unspecified atom stereocenters. The molecule has 0 spiro atoms. The van der Waals surface area contributed by atoms with Crippen LogP contribution in [0.15, 0.2) is 54.6 Å². The van der Waals surface area contributed by atoms with Crippen LogP contribution >= 0.6 is 0 Å². The minimum atomic E-state index is -0.886. The molecule has 3 rings (SSSR count). The lowest BCUT2D eigenvalue weighted by molar-refractivity contribution is 0.0697. The second-order valence-corrected chi connectivity index (χ2v) is 6.83. The van der Waals surface area contributed by atoms with Crippen molar-refractivity contribution < 1.29 is 9.90 Å². The van der Waals surface area contributed by atoms with Crippen LogP contribution in [0.25, 0.3) is 6.08 Å². The average molecular weight is 350 g/mol. The Kier molecular flexibility index (Phi) is 5.74. The fourth-order valence-corrected chi connectivity index (χ4v) is 3.56. The van der Waals surface area contributed by atoms with Crippen LogP contribution in [0.1, 0.15) is 35.3 Å². The van der Waals surface area contributed by atoms with Crippen LogP contribution in [0, 0.1) is 0 Å². The molecule has 1 aliphatic heterocycles. The molecule has 1 atom stereocenters. The Morgan fingerprint density at radius 1 is 1.19 bits per heavy atom. The quantitative estimate of drug-likeness (QED) is 0.881. The molecule has 1 saturated heterocycles. The number of hydrogen-bond acceptors (Lipinski definition) is 3. The van der Waals surface area contributed by atoms with Gasteiger partial charge in [0.1, 0.15) is 0 Å². The van der Waals surface area contributed by atoms with Crippen molar-refractivity contribution >= 4 is 17.7 Å². The smallest absolute Gasteiger partial charge is 0.335 e. The van der Waals surface area contributed by atoms with Gasteiger partial charge in [0.05, 0.1) is 5.56 Å². The van der Waals surface area contributed by atoms with E-state index in [4.69, 9.17) is 0 Å². The fraction of sp³-hybridized carbons (Fsp3) is 0.318. The van der Waals surface area contributed by atoms with Crippen molar-refractivity contribution in [3.05, 3.63) is 71.3 Å². The monoisotopic (exact) mass is 350 g/mol. The number of hydrogen-bond donors (Lipinski definition) is 1. The van der Waals surface area contributed by atoms with Crippen molar-refractivity contribution in [1.82, 2.24) is 4.90 Å². The molecule has 0 amide bonds.